The van der Waals surface area contributed by atoms with Crippen molar-refractivity contribution in [3.8, 4) is 0 Å². The maximum absolute atomic E-state index is 12.4. The molecule has 0 aliphatic heterocycles. The van der Waals surface area contributed by atoms with Gasteiger partial charge in [-0.15, -0.1) is 11.3 Å². The molecule has 1 aliphatic rings. The Morgan fingerprint density at radius 1 is 1.44 bits per heavy atom. The van der Waals surface area contributed by atoms with Crippen molar-refractivity contribution in [1.29, 1.82) is 0 Å². The van der Waals surface area contributed by atoms with E-state index in [9.17, 15) is 13.2 Å². The second-order valence-electron chi connectivity index (χ2n) is 3.82. The number of hydrogen-bond acceptors (Lipinski definition) is 1. The Kier molecular flexibility index (Phi) is 3.18. The van der Waals surface area contributed by atoms with Crippen molar-refractivity contribution >= 4 is 37.8 Å². The van der Waals surface area contributed by atoms with E-state index in [4.69, 9.17) is 0 Å². The molecule has 1 aromatic heterocycles. The highest BCUT2D eigenvalue weighted by Gasteiger charge is 2.30. The van der Waals surface area contributed by atoms with Crippen LogP contribution in [0, 0.1) is 6.92 Å². The van der Waals surface area contributed by atoms with Gasteiger partial charge >= 0.3 is 6.18 Å². The molecule has 16 heavy (non-hydrogen) atoms. The van der Waals surface area contributed by atoms with Gasteiger partial charge in [0.1, 0.15) is 0 Å². The Hall–Kier alpha value is -0.290. The van der Waals surface area contributed by atoms with E-state index >= 15 is 0 Å². The lowest BCUT2D eigenvalue weighted by molar-refractivity contribution is -0.127. The van der Waals surface area contributed by atoms with Crippen LogP contribution in [0.15, 0.2) is 0 Å². The fourth-order valence-corrected chi connectivity index (χ4v) is 3.72. The maximum Gasteiger partial charge on any atom is 0.393 e. The lowest BCUT2D eigenvalue weighted by Crippen LogP contribution is -2.28. The molecule has 2 rings (SSSR count). The minimum atomic E-state index is -4.13. The number of fused-ring (bicyclic) bond motifs is 1. The van der Waals surface area contributed by atoms with Crippen molar-refractivity contribution in [2.24, 2.45) is 0 Å². The van der Waals surface area contributed by atoms with Crippen LogP contribution in [0.3, 0.4) is 0 Å². The fourth-order valence-electron chi connectivity index (χ4n) is 1.89. The molecule has 0 spiro atoms. The molecule has 1 heterocycles. The van der Waals surface area contributed by atoms with Crippen molar-refractivity contribution in [3.05, 3.63) is 20.2 Å². The van der Waals surface area contributed by atoms with Crippen LogP contribution in [0.25, 0.3) is 10.6 Å². The molecule has 0 aromatic carbocycles. The monoisotopic (exact) mass is 310 g/mol. The summed E-state index contributed by atoms with van der Waals surface area (Å²) in [6.45, 7) is 1.76. The summed E-state index contributed by atoms with van der Waals surface area (Å²) in [5, 5.41) is 0.790. The molecule has 0 unspecified atom stereocenters. The van der Waals surface area contributed by atoms with Crippen LogP contribution >= 0.6 is 27.3 Å². The molecule has 88 valence electrons. The van der Waals surface area contributed by atoms with E-state index in [2.05, 4.69) is 15.9 Å². The SMILES string of the molecule is Cc1sc2c(c1CC(F)(F)F)=CCCC=2Br. The molecule has 0 N–H and O–H groups in total. The van der Waals surface area contributed by atoms with E-state index in [1.807, 2.05) is 6.08 Å². The third kappa shape index (κ3) is 2.35. The number of halogens is 4. The number of hydrogen-bond donors (Lipinski definition) is 0. The molecule has 0 radical (unpaired) electrons. The van der Waals surface area contributed by atoms with Gasteiger partial charge in [-0.1, -0.05) is 22.0 Å². The highest BCUT2D eigenvalue weighted by atomic mass is 79.9. The predicted octanol–water partition coefficient (Wildman–Crippen LogP) is 3.24. The standard InChI is InChI=1S/C11H10BrF3S/c1-6-8(5-11(13,14)15)7-3-2-4-9(12)10(7)16-6/h3H,2,4-5H2,1H3. The van der Waals surface area contributed by atoms with Crippen LogP contribution in [0.1, 0.15) is 23.3 Å². The average molecular weight is 311 g/mol. The zero-order valence-corrected chi connectivity index (χ0v) is 11.0. The molecule has 0 atom stereocenters. The molecule has 0 nitrogen and oxygen atoms in total. The van der Waals surface area contributed by atoms with Crippen LogP contribution in [0.2, 0.25) is 0 Å². The lowest BCUT2D eigenvalue weighted by atomic mass is 10.1. The summed E-state index contributed by atoms with van der Waals surface area (Å²) in [5.74, 6) is 0. The fraction of sp³-hybridized carbons (Fsp3) is 0.455. The Morgan fingerprint density at radius 3 is 2.75 bits per heavy atom. The molecule has 5 heteroatoms. The normalized spacial score (nSPS) is 15.9. The van der Waals surface area contributed by atoms with Gasteiger partial charge in [0.25, 0.3) is 0 Å². The first kappa shape index (κ1) is 12.2. The zero-order chi connectivity index (χ0) is 11.9. The van der Waals surface area contributed by atoms with Crippen molar-refractivity contribution in [3.63, 3.8) is 0 Å². The van der Waals surface area contributed by atoms with Crippen LogP contribution < -0.4 is 9.75 Å². The van der Waals surface area contributed by atoms with Gasteiger partial charge in [0.15, 0.2) is 0 Å². The summed E-state index contributed by atoms with van der Waals surface area (Å²) in [4.78, 5) is 0.775. The van der Waals surface area contributed by atoms with Gasteiger partial charge in [0.05, 0.1) is 6.42 Å². The Morgan fingerprint density at radius 2 is 2.12 bits per heavy atom. The number of rotatable bonds is 1. The van der Waals surface area contributed by atoms with Crippen LogP contribution in [-0.4, -0.2) is 6.18 Å². The maximum atomic E-state index is 12.4. The quantitative estimate of drug-likeness (QED) is 0.747. The Labute approximate surface area is 104 Å². The van der Waals surface area contributed by atoms with Crippen molar-refractivity contribution in [2.75, 3.05) is 0 Å². The lowest BCUT2D eigenvalue weighted by Gasteiger charge is -2.07. The molecule has 0 amide bonds. The second-order valence-corrected chi connectivity index (χ2v) is 6.00. The average Bonchev–Trinajstić information content (AvgIpc) is 2.44. The third-order valence-corrected chi connectivity index (χ3v) is 4.86. The number of alkyl halides is 3. The van der Waals surface area contributed by atoms with E-state index in [-0.39, 0.29) is 0 Å². The summed E-state index contributed by atoms with van der Waals surface area (Å²) in [5.41, 5.74) is 0.448. The first-order chi connectivity index (χ1) is 7.38. The largest absolute Gasteiger partial charge is 0.393 e. The third-order valence-electron chi connectivity index (χ3n) is 2.59. The van der Waals surface area contributed by atoms with Gasteiger partial charge in [0, 0.05) is 13.9 Å². The van der Waals surface area contributed by atoms with E-state index in [0.29, 0.717) is 5.56 Å². The van der Waals surface area contributed by atoms with Crippen molar-refractivity contribution < 1.29 is 13.2 Å². The van der Waals surface area contributed by atoms with Crippen molar-refractivity contribution in [2.45, 2.75) is 32.4 Å². The minimum Gasteiger partial charge on any atom is -0.171 e. The van der Waals surface area contributed by atoms with E-state index in [0.717, 1.165) is 32.0 Å². The Balaban J connectivity index is 2.61. The highest BCUT2D eigenvalue weighted by Crippen LogP contribution is 2.24. The first-order valence-corrected chi connectivity index (χ1v) is 6.53. The van der Waals surface area contributed by atoms with Crippen LogP contribution in [0.4, 0.5) is 13.2 Å². The Bertz CT molecular complexity index is 525. The van der Waals surface area contributed by atoms with Gasteiger partial charge in [0.2, 0.25) is 0 Å². The van der Waals surface area contributed by atoms with Gasteiger partial charge in [-0.25, -0.2) is 0 Å². The summed E-state index contributed by atoms with van der Waals surface area (Å²) in [7, 11) is 0. The minimum absolute atomic E-state index is 0.448. The number of thiophene rings is 1. The van der Waals surface area contributed by atoms with Crippen LogP contribution in [0.5, 0.6) is 0 Å². The van der Waals surface area contributed by atoms with Crippen molar-refractivity contribution in [1.82, 2.24) is 0 Å². The summed E-state index contributed by atoms with van der Waals surface area (Å²) in [6, 6.07) is 0. The van der Waals surface area contributed by atoms with Gasteiger partial charge in [-0.2, -0.15) is 13.2 Å². The molecule has 0 bridgehead atoms. The molecule has 0 saturated heterocycles. The summed E-state index contributed by atoms with van der Waals surface area (Å²) in [6.07, 6.45) is -1.32. The van der Waals surface area contributed by atoms with Gasteiger partial charge in [-0.05, 0) is 30.5 Å². The smallest absolute Gasteiger partial charge is 0.171 e. The molecule has 1 aliphatic carbocycles. The topological polar surface area (TPSA) is 0 Å². The summed E-state index contributed by atoms with van der Waals surface area (Å²) < 4.78 is 39.3. The zero-order valence-electron chi connectivity index (χ0n) is 8.62. The van der Waals surface area contributed by atoms with Crippen LogP contribution in [-0.2, 0) is 6.42 Å². The molecule has 1 aromatic rings. The van der Waals surface area contributed by atoms with Gasteiger partial charge < -0.3 is 0 Å². The molecule has 0 fully saturated rings. The number of aryl methyl sites for hydroxylation is 1. The van der Waals surface area contributed by atoms with E-state index in [1.165, 1.54) is 11.3 Å². The molecule has 0 saturated carbocycles. The van der Waals surface area contributed by atoms with E-state index < -0.39 is 12.6 Å². The van der Waals surface area contributed by atoms with E-state index in [1.54, 1.807) is 6.92 Å². The predicted molar refractivity (Wildman–Crippen MR) is 64.1 cm³/mol. The first-order valence-electron chi connectivity index (χ1n) is 4.92. The summed E-state index contributed by atoms with van der Waals surface area (Å²) >= 11 is 4.89. The van der Waals surface area contributed by atoms with Gasteiger partial charge in [-0.3, -0.25) is 0 Å². The molecular formula is C11H10BrF3S. The molecular weight excluding hydrogens is 301 g/mol. The highest BCUT2D eigenvalue weighted by molar-refractivity contribution is 9.14. The second kappa shape index (κ2) is 4.18.